The van der Waals surface area contributed by atoms with Crippen molar-refractivity contribution in [2.75, 3.05) is 12.3 Å². The van der Waals surface area contributed by atoms with Crippen LogP contribution in [-0.4, -0.2) is 23.4 Å². The lowest BCUT2D eigenvalue weighted by molar-refractivity contribution is -0.137. The third-order valence-corrected chi connectivity index (χ3v) is 4.88. The summed E-state index contributed by atoms with van der Waals surface area (Å²) in [5, 5.41) is 6.50. The average Bonchev–Trinajstić information content (AvgIpc) is 3.30. The SMILES string of the molecule is Cc1noc(-c2cccc(C(F)(F)F)c2)c1C(=O)NCCSCc1ccco1. The third kappa shape index (κ3) is 4.78. The Bertz CT molecular complexity index is 936. The van der Waals surface area contributed by atoms with Gasteiger partial charge in [-0.2, -0.15) is 24.9 Å². The second-order valence-corrected chi connectivity index (χ2v) is 7.04. The van der Waals surface area contributed by atoms with Gasteiger partial charge in [0.05, 0.1) is 23.3 Å². The van der Waals surface area contributed by atoms with Crippen molar-refractivity contribution in [1.82, 2.24) is 10.5 Å². The number of amides is 1. The van der Waals surface area contributed by atoms with E-state index in [1.165, 1.54) is 12.1 Å². The number of nitrogens with zero attached hydrogens (tertiary/aromatic N) is 1. The Morgan fingerprint density at radius 3 is 2.79 bits per heavy atom. The van der Waals surface area contributed by atoms with Crippen LogP contribution in [0, 0.1) is 6.92 Å². The van der Waals surface area contributed by atoms with Gasteiger partial charge in [0.15, 0.2) is 5.76 Å². The van der Waals surface area contributed by atoms with Crippen molar-refractivity contribution >= 4 is 17.7 Å². The normalized spacial score (nSPS) is 11.6. The van der Waals surface area contributed by atoms with Crippen molar-refractivity contribution in [3.05, 3.63) is 65.2 Å². The first-order valence-corrected chi connectivity index (χ1v) is 9.54. The van der Waals surface area contributed by atoms with E-state index in [0.29, 0.717) is 23.7 Å². The molecule has 0 fully saturated rings. The van der Waals surface area contributed by atoms with Gasteiger partial charge in [-0.1, -0.05) is 17.3 Å². The summed E-state index contributed by atoms with van der Waals surface area (Å²) in [5.74, 6) is 1.76. The zero-order valence-electron chi connectivity index (χ0n) is 14.9. The topological polar surface area (TPSA) is 68.3 Å². The first-order valence-electron chi connectivity index (χ1n) is 8.38. The fourth-order valence-electron chi connectivity index (χ4n) is 2.56. The highest BCUT2D eigenvalue weighted by atomic mass is 32.2. The molecule has 3 rings (SSSR count). The number of rotatable bonds is 7. The number of benzene rings is 1. The van der Waals surface area contributed by atoms with Crippen LogP contribution in [0.4, 0.5) is 13.2 Å². The number of carbonyl (C=O) groups excluding carboxylic acids is 1. The van der Waals surface area contributed by atoms with Gasteiger partial charge in [0.25, 0.3) is 5.91 Å². The number of aryl methyl sites for hydroxylation is 1. The molecule has 3 aromatic rings. The highest BCUT2D eigenvalue weighted by Crippen LogP contribution is 2.33. The van der Waals surface area contributed by atoms with E-state index in [1.807, 2.05) is 12.1 Å². The molecule has 1 amide bonds. The lowest BCUT2D eigenvalue weighted by Crippen LogP contribution is -2.26. The summed E-state index contributed by atoms with van der Waals surface area (Å²) in [5.41, 5.74) is -0.226. The first kappa shape index (κ1) is 20.1. The lowest BCUT2D eigenvalue weighted by atomic mass is 10.0. The molecule has 148 valence electrons. The van der Waals surface area contributed by atoms with Crippen molar-refractivity contribution in [2.24, 2.45) is 0 Å². The standard InChI is InChI=1S/C19H17F3N2O3S/c1-12-16(18(25)23-7-9-28-11-15-6-3-8-26-15)17(27-24-12)13-4-2-5-14(10-13)19(20,21)22/h2-6,8,10H,7,9,11H2,1H3,(H,23,25). The van der Waals surface area contributed by atoms with E-state index in [2.05, 4.69) is 10.5 Å². The monoisotopic (exact) mass is 410 g/mol. The number of nitrogens with one attached hydrogen (secondary N) is 1. The Labute approximate surface area is 163 Å². The van der Waals surface area contributed by atoms with Crippen LogP contribution in [0.1, 0.15) is 27.4 Å². The summed E-state index contributed by atoms with van der Waals surface area (Å²) in [6, 6.07) is 8.29. The van der Waals surface area contributed by atoms with Gasteiger partial charge in [-0.3, -0.25) is 4.79 Å². The smallest absolute Gasteiger partial charge is 0.416 e. The lowest BCUT2D eigenvalue weighted by Gasteiger charge is -2.09. The van der Waals surface area contributed by atoms with Crippen molar-refractivity contribution < 1.29 is 26.9 Å². The van der Waals surface area contributed by atoms with E-state index in [0.717, 1.165) is 17.9 Å². The molecule has 0 spiro atoms. The summed E-state index contributed by atoms with van der Waals surface area (Å²) in [6.45, 7) is 1.96. The number of furan rings is 1. The van der Waals surface area contributed by atoms with Gasteiger partial charge in [0.1, 0.15) is 11.3 Å². The second kappa shape index (κ2) is 8.55. The van der Waals surface area contributed by atoms with E-state index in [9.17, 15) is 18.0 Å². The number of hydrogen-bond acceptors (Lipinski definition) is 5. The van der Waals surface area contributed by atoms with Crippen LogP contribution in [0.25, 0.3) is 11.3 Å². The predicted molar refractivity (Wildman–Crippen MR) is 98.9 cm³/mol. The maximum atomic E-state index is 13.0. The van der Waals surface area contributed by atoms with Gasteiger partial charge >= 0.3 is 6.18 Å². The van der Waals surface area contributed by atoms with Gasteiger partial charge in [0.2, 0.25) is 0 Å². The van der Waals surface area contributed by atoms with Crippen molar-refractivity contribution in [1.29, 1.82) is 0 Å². The molecule has 1 aromatic carbocycles. The number of aromatic nitrogens is 1. The van der Waals surface area contributed by atoms with E-state index in [4.69, 9.17) is 8.94 Å². The molecule has 0 aliphatic heterocycles. The fraction of sp³-hybridized carbons (Fsp3) is 0.263. The molecule has 0 aliphatic carbocycles. The van der Waals surface area contributed by atoms with Crippen LogP contribution in [0.3, 0.4) is 0 Å². The maximum absolute atomic E-state index is 13.0. The zero-order chi connectivity index (χ0) is 20.1. The van der Waals surface area contributed by atoms with E-state index >= 15 is 0 Å². The Hall–Kier alpha value is -2.68. The highest BCUT2D eigenvalue weighted by molar-refractivity contribution is 7.98. The molecule has 0 bridgehead atoms. The molecule has 0 radical (unpaired) electrons. The minimum Gasteiger partial charge on any atom is -0.468 e. The molecule has 2 heterocycles. The summed E-state index contributed by atoms with van der Waals surface area (Å²) in [4.78, 5) is 12.5. The molecule has 0 saturated heterocycles. The Kier molecular flexibility index (Phi) is 6.13. The first-order chi connectivity index (χ1) is 13.4. The van der Waals surface area contributed by atoms with E-state index < -0.39 is 17.6 Å². The molecule has 0 atom stereocenters. The molecule has 9 heteroatoms. The number of alkyl halides is 3. The van der Waals surface area contributed by atoms with Gasteiger partial charge < -0.3 is 14.3 Å². The quantitative estimate of drug-likeness (QED) is 0.560. The van der Waals surface area contributed by atoms with Gasteiger partial charge in [0, 0.05) is 17.9 Å². The van der Waals surface area contributed by atoms with Crippen LogP contribution in [0.2, 0.25) is 0 Å². The summed E-state index contributed by atoms with van der Waals surface area (Å²) >= 11 is 1.59. The third-order valence-electron chi connectivity index (χ3n) is 3.90. The van der Waals surface area contributed by atoms with Crippen LogP contribution in [-0.2, 0) is 11.9 Å². The minimum absolute atomic E-state index is 0.0179. The van der Waals surface area contributed by atoms with Crippen molar-refractivity contribution in [2.45, 2.75) is 18.9 Å². The van der Waals surface area contributed by atoms with Crippen molar-refractivity contribution in [3.8, 4) is 11.3 Å². The summed E-state index contributed by atoms with van der Waals surface area (Å²) < 4.78 is 49.2. The Morgan fingerprint density at radius 1 is 1.25 bits per heavy atom. The van der Waals surface area contributed by atoms with Crippen LogP contribution < -0.4 is 5.32 Å². The van der Waals surface area contributed by atoms with Crippen molar-refractivity contribution in [3.63, 3.8) is 0 Å². The largest absolute Gasteiger partial charge is 0.468 e. The molecule has 2 aromatic heterocycles. The molecule has 5 nitrogen and oxygen atoms in total. The Balaban J connectivity index is 1.66. The number of hydrogen-bond donors (Lipinski definition) is 1. The number of thioether (sulfide) groups is 1. The van der Waals surface area contributed by atoms with E-state index in [-0.39, 0.29) is 16.9 Å². The molecule has 28 heavy (non-hydrogen) atoms. The summed E-state index contributed by atoms with van der Waals surface area (Å²) in [6.07, 6.45) is -2.89. The molecular formula is C19H17F3N2O3S. The van der Waals surface area contributed by atoms with Gasteiger partial charge in [-0.15, -0.1) is 0 Å². The molecule has 1 N–H and O–H groups in total. The zero-order valence-corrected chi connectivity index (χ0v) is 15.7. The van der Waals surface area contributed by atoms with Crippen LogP contribution in [0.5, 0.6) is 0 Å². The average molecular weight is 410 g/mol. The number of carbonyl (C=O) groups is 1. The minimum atomic E-state index is -4.49. The second-order valence-electron chi connectivity index (χ2n) is 5.94. The number of halogens is 3. The summed E-state index contributed by atoms with van der Waals surface area (Å²) in [7, 11) is 0. The van der Waals surface area contributed by atoms with Gasteiger partial charge in [-0.25, -0.2) is 0 Å². The van der Waals surface area contributed by atoms with Gasteiger partial charge in [-0.05, 0) is 31.2 Å². The molecule has 0 unspecified atom stereocenters. The molecular weight excluding hydrogens is 393 g/mol. The fourth-order valence-corrected chi connectivity index (χ4v) is 3.32. The molecule has 0 saturated carbocycles. The molecule has 0 aliphatic rings. The maximum Gasteiger partial charge on any atom is 0.416 e. The highest BCUT2D eigenvalue weighted by Gasteiger charge is 2.31. The van der Waals surface area contributed by atoms with Crippen LogP contribution in [0.15, 0.2) is 51.6 Å². The predicted octanol–water partition coefficient (Wildman–Crippen LogP) is 4.93. The van der Waals surface area contributed by atoms with Crippen LogP contribution >= 0.6 is 11.8 Å². The Morgan fingerprint density at radius 2 is 2.07 bits per heavy atom. The van der Waals surface area contributed by atoms with E-state index in [1.54, 1.807) is 24.9 Å².